The zero-order chi connectivity index (χ0) is 15.5. The van der Waals surface area contributed by atoms with Gasteiger partial charge in [0.25, 0.3) is 0 Å². The minimum Gasteiger partial charge on any atom is -0.436 e. The molecular weight excluding hydrogens is 274 g/mol. The largest absolute Gasteiger partial charge is 0.436 e. The van der Waals surface area contributed by atoms with Gasteiger partial charge in [-0.25, -0.2) is 9.37 Å². The van der Waals surface area contributed by atoms with Crippen molar-refractivity contribution in [2.75, 3.05) is 0 Å². The van der Waals surface area contributed by atoms with Crippen molar-refractivity contribution in [2.24, 2.45) is 0 Å². The Hall–Kier alpha value is -2.01. The fourth-order valence-electron chi connectivity index (χ4n) is 1.64. The lowest BCUT2D eigenvalue weighted by atomic mass is 10.1. The van der Waals surface area contributed by atoms with Gasteiger partial charge in [0.15, 0.2) is 11.6 Å². The molecule has 0 unspecified atom stereocenters. The first-order valence-electron chi connectivity index (χ1n) is 6.68. The minimum absolute atomic E-state index is 0.0345. The Balaban J connectivity index is 2.12. The summed E-state index contributed by atoms with van der Waals surface area (Å²) >= 11 is 0. The van der Waals surface area contributed by atoms with Gasteiger partial charge in [-0.15, -0.1) is 0 Å². The second-order valence-corrected chi connectivity index (χ2v) is 5.72. The maximum absolute atomic E-state index is 13.6. The molecule has 0 aliphatic heterocycles. The van der Waals surface area contributed by atoms with Gasteiger partial charge in [0.1, 0.15) is 0 Å². The Morgan fingerprint density at radius 3 is 2.52 bits per heavy atom. The number of ether oxygens (including phenoxy) is 1. The third-order valence-electron chi connectivity index (χ3n) is 2.71. The van der Waals surface area contributed by atoms with Gasteiger partial charge in [0.05, 0.1) is 5.69 Å². The molecule has 112 valence electrons. The summed E-state index contributed by atoms with van der Waals surface area (Å²) in [5.74, 6) is -1.91. The van der Waals surface area contributed by atoms with E-state index in [9.17, 15) is 8.78 Å². The van der Waals surface area contributed by atoms with Crippen LogP contribution in [-0.4, -0.2) is 10.5 Å². The van der Waals surface area contributed by atoms with E-state index in [-0.39, 0.29) is 17.2 Å². The quantitative estimate of drug-likeness (QED) is 0.923. The monoisotopic (exact) mass is 292 g/mol. The van der Waals surface area contributed by atoms with Crippen LogP contribution in [-0.2, 0) is 6.54 Å². The number of benzene rings is 1. The molecule has 0 amide bonds. The van der Waals surface area contributed by atoms with Crippen molar-refractivity contribution in [3.05, 3.63) is 53.7 Å². The minimum atomic E-state index is -1.02. The standard InChI is InChI=1S/C16H18F2N2O/c1-16(2,3)19-10-11-6-4-9-14(20-11)21-13-8-5-7-12(17)15(13)18/h4-9,19H,10H2,1-3H3. The number of halogens is 2. The van der Waals surface area contributed by atoms with Gasteiger partial charge in [-0.2, -0.15) is 4.39 Å². The number of pyridine rings is 1. The number of hydrogen-bond acceptors (Lipinski definition) is 3. The maximum atomic E-state index is 13.6. The average molecular weight is 292 g/mol. The highest BCUT2D eigenvalue weighted by molar-refractivity contribution is 5.29. The van der Waals surface area contributed by atoms with Gasteiger partial charge < -0.3 is 10.1 Å². The summed E-state index contributed by atoms with van der Waals surface area (Å²) in [7, 11) is 0. The Labute approximate surface area is 123 Å². The number of nitrogens with one attached hydrogen (secondary N) is 1. The predicted octanol–water partition coefficient (Wildman–Crippen LogP) is 4.04. The van der Waals surface area contributed by atoms with Gasteiger partial charge in [-0.05, 0) is 39.0 Å². The van der Waals surface area contributed by atoms with E-state index in [4.69, 9.17) is 4.74 Å². The Morgan fingerprint density at radius 2 is 1.81 bits per heavy atom. The van der Waals surface area contributed by atoms with Crippen LogP contribution in [0.1, 0.15) is 26.5 Å². The van der Waals surface area contributed by atoms with Crippen molar-refractivity contribution in [3.8, 4) is 11.6 Å². The van der Waals surface area contributed by atoms with Crippen molar-refractivity contribution in [2.45, 2.75) is 32.9 Å². The molecule has 0 radical (unpaired) electrons. The SMILES string of the molecule is CC(C)(C)NCc1cccc(Oc2cccc(F)c2F)n1. The molecule has 1 aromatic heterocycles. The molecule has 2 rings (SSSR count). The molecule has 1 heterocycles. The van der Waals surface area contributed by atoms with Crippen molar-refractivity contribution in [3.63, 3.8) is 0 Å². The molecule has 0 fully saturated rings. The lowest BCUT2D eigenvalue weighted by Crippen LogP contribution is -2.35. The molecule has 0 bridgehead atoms. The van der Waals surface area contributed by atoms with Crippen LogP contribution in [0, 0.1) is 11.6 Å². The topological polar surface area (TPSA) is 34.1 Å². The second-order valence-electron chi connectivity index (χ2n) is 5.72. The Morgan fingerprint density at radius 1 is 1.10 bits per heavy atom. The van der Waals surface area contributed by atoms with Crippen molar-refractivity contribution < 1.29 is 13.5 Å². The summed E-state index contributed by atoms with van der Waals surface area (Å²) in [4.78, 5) is 4.27. The zero-order valence-electron chi connectivity index (χ0n) is 12.3. The molecule has 0 saturated heterocycles. The highest BCUT2D eigenvalue weighted by Gasteiger charge is 2.12. The van der Waals surface area contributed by atoms with E-state index in [0.717, 1.165) is 11.8 Å². The lowest BCUT2D eigenvalue weighted by molar-refractivity contribution is 0.398. The molecule has 0 aliphatic rings. The molecule has 0 spiro atoms. The van der Waals surface area contributed by atoms with Crippen LogP contribution in [0.2, 0.25) is 0 Å². The lowest BCUT2D eigenvalue weighted by Gasteiger charge is -2.20. The summed E-state index contributed by atoms with van der Waals surface area (Å²) in [5, 5.41) is 3.30. The second kappa shape index (κ2) is 6.18. The van der Waals surface area contributed by atoms with E-state index in [1.54, 1.807) is 12.1 Å². The zero-order valence-corrected chi connectivity index (χ0v) is 12.3. The molecule has 1 N–H and O–H groups in total. The Bertz CT molecular complexity index is 624. The first-order valence-corrected chi connectivity index (χ1v) is 6.68. The van der Waals surface area contributed by atoms with Crippen molar-refractivity contribution in [1.29, 1.82) is 0 Å². The van der Waals surface area contributed by atoms with Gasteiger partial charge in [-0.3, -0.25) is 0 Å². The van der Waals surface area contributed by atoms with E-state index in [1.807, 2.05) is 6.07 Å². The fraction of sp³-hybridized carbons (Fsp3) is 0.312. The summed E-state index contributed by atoms with van der Waals surface area (Å²) in [6.45, 7) is 6.72. The molecular formula is C16H18F2N2O. The van der Waals surface area contributed by atoms with Crippen LogP contribution in [0.3, 0.4) is 0 Å². The first-order chi connectivity index (χ1) is 9.85. The van der Waals surface area contributed by atoms with Crippen LogP contribution < -0.4 is 10.1 Å². The van der Waals surface area contributed by atoms with Gasteiger partial charge in [-0.1, -0.05) is 12.1 Å². The maximum Gasteiger partial charge on any atom is 0.219 e. The summed E-state index contributed by atoms with van der Waals surface area (Å²) in [6.07, 6.45) is 0. The van der Waals surface area contributed by atoms with Gasteiger partial charge in [0, 0.05) is 18.2 Å². The third kappa shape index (κ3) is 4.49. The third-order valence-corrected chi connectivity index (χ3v) is 2.71. The Kier molecular flexibility index (Phi) is 4.53. The van der Waals surface area contributed by atoms with Crippen LogP contribution in [0.25, 0.3) is 0 Å². The summed E-state index contributed by atoms with van der Waals surface area (Å²) < 4.78 is 32.0. The predicted molar refractivity (Wildman–Crippen MR) is 77.3 cm³/mol. The smallest absolute Gasteiger partial charge is 0.219 e. The molecule has 21 heavy (non-hydrogen) atoms. The number of rotatable bonds is 4. The molecule has 2 aromatic rings. The highest BCUT2D eigenvalue weighted by Crippen LogP contribution is 2.24. The van der Waals surface area contributed by atoms with E-state index in [2.05, 4.69) is 31.1 Å². The van der Waals surface area contributed by atoms with Gasteiger partial charge in [0.2, 0.25) is 11.7 Å². The van der Waals surface area contributed by atoms with Crippen LogP contribution >= 0.6 is 0 Å². The van der Waals surface area contributed by atoms with E-state index in [0.29, 0.717) is 6.54 Å². The number of hydrogen-bond donors (Lipinski definition) is 1. The molecule has 5 heteroatoms. The molecule has 0 saturated carbocycles. The molecule has 3 nitrogen and oxygen atoms in total. The normalized spacial score (nSPS) is 11.5. The first kappa shape index (κ1) is 15.4. The fourth-order valence-corrected chi connectivity index (χ4v) is 1.64. The highest BCUT2D eigenvalue weighted by atomic mass is 19.2. The molecule has 0 aliphatic carbocycles. The van der Waals surface area contributed by atoms with Crippen molar-refractivity contribution in [1.82, 2.24) is 10.3 Å². The van der Waals surface area contributed by atoms with Crippen LogP contribution in [0.4, 0.5) is 8.78 Å². The molecule has 1 aromatic carbocycles. The summed E-state index contributed by atoms with van der Waals surface area (Å²) in [6, 6.07) is 9.00. The van der Waals surface area contributed by atoms with Gasteiger partial charge >= 0.3 is 0 Å². The van der Waals surface area contributed by atoms with E-state index < -0.39 is 11.6 Å². The number of aromatic nitrogens is 1. The number of nitrogens with zero attached hydrogens (tertiary/aromatic N) is 1. The summed E-state index contributed by atoms with van der Waals surface area (Å²) in [5.41, 5.74) is 0.729. The van der Waals surface area contributed by atoms with Crippen LogP contribution in [0.5, 0.6) is 11.6 Å². The average Bonchev–Trinajstić information content (AvgIpc) is 2.41. The molecule has 0 atom stereocenters. The van der Waals surface area contributed by atoms with Crippen molar-refractivity contribution >= 4 is 0 Å². The van der Waals surface area contributed by atoms with Crippen LogP contribution in [0.15, 0.2) is 36.4 Å². The van der Waals surface area contributed by atoms with E-state index in [1.165, 1.54) is 12.1 Å². The van der Waals surface area contributed by atoms with E-state index >= 15 is 0 Å².